The molecule has 0 bridgehead atoms. The molecule has 168 valence electrons. The quantitative estimate of drug-likeness (QED) is 0.509. The zero-order chi connectivity index (χ0) is 23.2. The fraction of sp³-hybridized carbons (Fsp3) is 0.462. The summed E-state index contributed by atoms with van der Waals surface area (Å²) in [4.78, 5) is 27.7. The average Bonchev–Trinajstić information content (AvgIpc) is 2.70. The lowest BCUT2D eigenvalue weighted by Gasteiger charge is -2.31. The molecule has 2 aromatic carbocycles. The molecule has 0 aliphatic rings. The number of amides is 2. The molecule has 0 saturated heterocycles. The first kappa shape index (κ1) is 25.1. The molecule has 2 aromatic rings. The number of halogens is 1. The van der Waals surface area contributed by atoms with Gasteiger partial charge in [0.25, 0.3) is 0 Å². The van der Waals surface area contributed by atoms with Crippen molar-refractivity contribution in [1.29, 1.82) is 0 Å². The molecule has 2 amide bonds. The fourth-order valence-electron chi connectivity index (χ4n) is 3.31. The van der Waals surface area contributed by atoms with E-state index in [2.05, 4.69) is 59.4 Å². The summed E-state index contributed by atoms with van der Waals surface area (Å²) in [6.45, 7) is 12.4. The highest BCUT2D eigenvalue weighted by atomic mass is 79.9. The third kappa shape index (κ3) is 8.13. The van der Waals surface area contributed by atoms with Crippen LogP contribution >= 0.6 is 15.9 Å². The van der Waals surface area contributed by atoms with Gasteiger partial charge in [0.2, 0.25) is 11.8 Å². The molecule has 31 heavy (non-hydrogen) atoms. The molecule has 2 rings (SSSR count). The van der Waals surface area contributed by atoms with Crippen molar-refractivity contribution in [2.24, 2.45) is 0 Å². The number of hydrogen-bond acceptors (Lipinski definition) is 2. The van der Waals surface area contributed by atoms with E-state index >= 15 is 0 Å². The van der Waals surface area contributed by atoms with Crippen molar-refractivity contribution in [2.75, 3.05) is 0 Å². The SMILES string of the molecule is CC(C)c1ccc(CCC(=O)N(Cc2ccc(Br)cc2)[C@@H](C)C(=O)NC(C)(C)C)cc1. The lowest BCUT2D eigenvalue weighted by atomic mass is 10.00. The van der Waals surface area contributed by atoms with E-state index in [1.807, 2.05) is 45.0 Å². The maximum Gasteiger partial charge on any atom is 0.242 e. The molecule has 0 fully saturated rings. The van der Waals surface area contributed by atoms with Gasteiger partial charge in [0.15, 0.2) is 0 Å². The van der Waals surface area contributed by atoms with Gasteiger partial charge >= 0.3 is 0 Å². The second-order valence-corrected chi connectivity index (χ2v) is 10.4. The third-order valence-corrected chi connectivity index (χ3v) is 5.73. The number of carbonyl (C=O) groups excluding carboxylic acids is 2. The van der Waals surface area contributed by atoms with Gasteiger partial charge in [-0.1, -0.05) is 66.2 Å². The third-order valence-electron chi connectivity index (χ3n) is 5.21. The van der Waals surface area contributed by atoms with Crippen LogP contribution in [-0.2, 0) is 22.6 Å². The van der Waals surface area contributed by atoms with Gasteiger partial charge in [0.1, 0.15) is 6.04 Å². The van der Waals surface area contributed by atoms with Gasteiger partial charge in [0, 0.05) is 23.0 Å². The number of nitrogens with zero attached hydrogens (tertiary/aromatic N) is 1. The summed E-state index contributed by atoms with van der Waals surface area (Å²) in [5, 5.41) is 3.00. The zero-order valence-corrected chi connectivity index (χ0v) is 21.1. The average molecular weight is 487 g/mol. The molecule has 0 heterocycles. The van der Waals surface area contributed by atoms with Crippen molar-refractivity contribution in [3.63, 3.8) is 0 Å². The summed E-state index contributed by atoms with van der Waals surface area (Å²) < 4.78 is 0.984. The first-order valence-corrected chi connectivity index (χ1v) is 11.7. The topological polar surface area (TPSA) is 49.4 Å². The fourth-order valence-corrected chi connectivity index (χ4v) is 3.57. The Bertz CT molecular complexity index is 868. The van der Waals surface area contributed by atoms with E-state index in [0.29, 0.717) is 25.3 Å². The number of nitrogens with one attached hydrogen (secondary N) is 1. The highest BCUT2D eigenvalue weighted by Crippen LogP contribution is 2.18. The Morgan fingerprint density at radius 1 is 0.935 bits per heavy atom. The Hall–Kier alpha value is -2.14. The Balaban J connectivity index is 2.14. The normalized spacial score (nSPS) is 12.5. The number of hydrogen-bond donors (Lipinski definition) is 1. The van der Waals surface area contributed by atoms with Crippen LogP contribution in [0.5, 0.6) is 0 Å². The van der Waals surface area contributed by atoms with Crippen LogP contribution in [0.15, 0.2) is 53.0 Å². The van der Waals surface area contributed by atoms with Crippen LogP contribution in [0.2, 0.25) is 0 Å². The Morgan fingerprint density at radius 3 is 2.00 bits per heavy atom. The van der Waals surface area contributed by atoms with E-state index in [-0.39, 0.29) is 17.4 Å². The number of aryl methyl sites for hydroxylation is 1. The van der Waals surface area contributed by atoms with Crippen molar-refractivity contribution < 1.29 is 9.59 Å². The van der Waals surface area contributed by atoms with Gasteiger partial charge < -0.3 is 10.2 Å². The number of benzene rings is 2. The van der Waals surface area contributed by atoms with Gasteiger partial charge in [-0.2, -0.15) is 0 Å². The largest absolute Gasteiger partial charge is 0.350 e. The minimum absolute atomic E-state index is 0.0209. The van der Waals surface area contributed by atoms with Crippen molar-refractivity contribution >= 4 is 27.7 Å². The molecule has 0 unspecified atom stereocenters. The summed E-state index contributed by atoms with van der Waals surface area (Å²) in [5.74, 6) is 0.325. The summed E-state index contributed by atoms with van der Waals surface area (Å²) >= 11 is 3.45. The molecule has 4 nitrogen and oxygen atoms in total. The van der Waals surface area contributed by atoms with E-state index in [1.165, 1.54) is 5.56 Å². The van der Waals surface area contributed by atoms with Crippen LogP contribution in [0.3, 0.4) is 0 Å². The van der Waals surface area contributed by atoms with Gasteiger partial charge in [-0.25, -0.2) is 0 Å². The van der Waals surface area contributed by atoms with Crippen LogP contribution in [0.4, 0.5) is 0 Å². The van der Waals surface area contributed by atoms with Crippen LogP contribution in [0.25, 0.3) is 0 Å². The minimum Gasteiger partial charge on any atom is -0.350 e. The summed E-state index contributed by atoms with van der Waals surface area (Å²) in [7, 11) is 0. The van der Waals surface area contributed by atoms with Gasteiger partial charge in [-0.05, 0) is 68.9 Å². The van der Waals surface area contributed by atoms with Crippen molar-refractivity contribution in [3.05, 3.63) is 69.7 Å². The smallest absolute Gasteiger partial charge is 0.242 e. The molecule has 1 N–H and O–H groups in total. The highest BCUT2D eigenvalue weighted by molar-refractivity contribution is 9.10. The molecular weight excluding hydrogens is 452 g/mol. The molecule has 0 aliphatic carbocycles. The molecule has 0 saturated carbocycles. The summed E-state index contributed by atoms with van der Waals surface area (Å²) in [6.07, 6.45) is 1.02. The summed E-state index contributed by atoms with van der Waals surface area (Å²) in [5.41, 5.74) is 3.07. The van der Waals surface area contributed by atoms with E-state index in [0.717, 1.165) is 15.6 Å². The maximum atomic E-state index is 13.2. The molecule has 0 aromatic heterocycles. The van der Waals surface area contributed by atoms with E-state index in [1.54, 1.807) is 11.8 Å². The van der Waals surface area contributed by atoms with Gasteiger partial charge in [-0.3, -0.25) is 9.59 Å². The first-order chi connectivity index (χ1) is 14.5. The molecule has 0 spiro atoms. The Kier molecular flexibility index (Phi) is 8.87. The van der Waals surface area contributed by atoms with Crippen LogP contribution < -0.4 is 5.32 Å². The second-order valence-electron chi connectivity index (χ2n) is 9.46. The monoisotopic (exact) mass is 486 g/mol. The zero-order valence-electron chi connectivity index (χ0n) is 19.5. The number of rotatable bonds is 8. The van der Waals surface area contributed by atoms with Crippen molar-refractivity contribution in [3.8, 4) is 0 Å². The molecule has 1 atom stereocenters. The highest BCUT2D eigenvalue weighted by Gasteiger charge is 2.28. The molecule has 0 aliphatic heterocycles. The number of carbonyl (C=O) groups is 2. The van der Waals surface area contributed by atoms with Gasteiger partial charge in [-0.15, -0.1) is 0 Å². The molecule has 0 radical (unpaired) electrons. The van der Waals surface area contributed by atoms with Crippen molar-refractivity contribution in [2.45, 2.75) is 78.4 Å². The molecule has 5 heteroatoms. The van der Waals surface area contributed by atoms with E-state index in [4.69, 9.17) is 0 Å². The lowest BCUT2D eigenvalue weighted by Crippen LogP contribution is -2.52. The second kappa shape index (κ2) is 10.9. The van der Waals surface area contributed by atoms with Gasteiger partial charge in [0.05, 0.1) is 0 Å². The van der Waals surface area contributed by atoms with Crippen LogP contribution in [0, 0.1) is 0 Å². The first-order valence-electron chi connectivity index (χ1n) is 10.9. The predicted octanol–water partition coefficient (Wildman–Crippen LogP) is 5.84. The van der Waals surface area contributed by atoms with E-state index < -0.39 is 6.04 Å². The predicted molar refractivity (Wildman–Crippen MR) is 131 cm³/mol. The Morgan fingerprint density at radius 2 is 1.48 bits per heavy atom. The summed E-state index contributed by atoms with van der Waals surface area (Å²) in [6, 6.07) is 15.7. The van der Waals surface area contributed by atoms with Crippen LogP contribution in [0.1, 0.15) is 70.6 Å². The van der Waals surface area contributed by atoms with Crippen molar-refractivity contribution in [1.82, 2.24) is 10.2 Å². The standard InChI is InChI=1S/C26H35BrN2O2/c1-18(2)22-12-7-20(8-13-22)11-16-24(30)29(17-21-9-14-23(27)15-10-21)19(3)25(31)28-26(4,5)6/h7-10,12-15,18-19H,11,16-17H2,1-6H3,(H,28,31)/t19-/m0/s1. The maximum absolute atomic E-state index is 13.2. The Labute approximate surface area is 195 Å². The lowest BCUT2D eigenvalue weighted by molar-refractivity contribution is -0.141. The minimum atomic E-state index is -0.557. The van der Waals surface area contributed by atoms with Crippen LogP contribution in [-0.4, -0.2) is 28.3 Å². The van der Waals surface area contributed by atoms with E-state index in [9.17, 15) is 9.59 Å². The molecular formula is C26H35BrN2O2.